The zero-order chi connectivity index (χ0) is 16.6. The number of nitrogens with zero attached hydrogens (tertiary/aromatic N) is 1. The molecule has 3 aromatic rings. The predicted molar refractivity (Wildman–Crippen MR) is 92.7 cm³/mol. The van der Waals surface area contributed by atoms with Crippen molar-refractivity contribution in [1.82, 2.24) is 4.57 Å². The van der Waals surface area contributed by atoms with E-state index in [2.05, 4.69) is 5.32 Å². The maximum absolute atomic E-state index is 12.6. The Hall–Kier alpha value is -3.08. The first-order valence-corrected chi connectivity index (χ1v) is 7.25. The second kappa shape index (κ2) is 5.61. The van der Waals surface area contributed by atoms with E-state index in [-0.39, 0.29) is 11.3 Å². The van der Waals surface area contributed by atoms with Crippen LogP contribution in [0.5, 0.6) is 0 Å². The smallest absolute Gasteiger partial charge is 0.265 e. The van der Waals surface area contributed by atoms with Crippen LogP contribution in [0.2, 0.25) is 0 Å². The molecule has 23 heavy (non-hydrogen) atoms. The predicted octanol–water partition coefficient (Wildman–Crippen LogP) is 2.68. The molecule has 0 fully saturated rings. The molecular formula is C18H17N3O2. The summed E-state index contributed by atoms with van der Waals surface area (Å²) in [6.07, 6.45) is 0. The number of aryl methyl sites for hydroxylation is 2. The number of anilines is 2. The monoisotopic (exact) mass is 307 g/mol. The van der Waals surface area contributed by atoms with Gasteiger partial charge < -0.3 is 15.6 Å². The molecule has 0 saturated carbocycles. The molecule has 5 nitrogen and oxygen atoms in total. The van der Waals surface area contributed by atoms with E-state index < -0.39 is 11.5 Å². The van der Waals surface area contributed by atoms with E-state index in [4.69, 9.17) is 5.73 Å². The van der Waals surface area contributed by atoms with Gasteiger partial charge >= 0.3 is 0 Å². The molecule has 3 rings (SSSR count). The zero-order valence-electron chi connectivity index (χ0n) is 13.0. The molecule has 1 heterocycles. The molecule has 3 N–H and O–H groups in total. The van der Waals surface area contributed by atoms with Gasteiger partial charge in [0.05, 0.1) is 11.2 Å². The normalized spacial score (nSPS) is 10.7. The van der Waals surface area contributed by atoms with Crippen molar-refractivity contribution in [3.05, 3.63) is 70.0 Å². The topological polar surface area (TPSA) is 77.1 Å². The summed E-state index contributed by atoms with van der Waals surface area (Å²) in [5.74, 6) is -0.501. The molecule has 0 unspecified atom stereocenters. The number of rotatable bonds is 2. The summed E-state index contributed by atoms with van der Waals surface area (Å²) < 4.78 is 1.46. The van der Waals surface area contributed by atoms with Gasteiger partial charge in [0, 0.05) is 18.1 Å². The number of benzene rings is 2. The minimum Gasteiger partial charge on any atom is -0.397 e. The molecule has 0 aliphatic rings. The average molecular weight is 307 g/mol. The highest BCUT2D eigenvalue weighted by molar-refractivity contribution is 6.12. The molecule has 5 heteroatoms. The standard InChI is InChI=1S/C18H17N3O2/c1-11-7-6-10-13-14(11)16(19)15(18(23)21(13)2)17(22)20-12-8-4-3-5-9-12/h3-10H,19H2,1-2H3,(H,20,22). The third-order valence-electron chi connectivity index (χ3n) is 3.93. The number of nitrogen functional groups attached to an aromatic ring is 1. The summed E-state index contributed by atoms with van der Waals surface area (Å²) in [5, 5.41) is 3.45. The number of amides is 1. The molecule has 1 aromatic heterocycles. The Bertz CT molecular complexity index is 959. The third kappa shape index (κ3) is 2.46. The molecule has 0 spiro atoms. The second-order valence-corrected chi connectivity index (χ2v) is 5.44. The number of carbonyl (C=O) groups excluding carboxylic acids is 1. The Morgan fingerprint density at radius 2 is 1.78 bits per heavy atom. The summed E-state index contributed by atoms with van der Waals surface area (Å²) in [6.45, 7) is 1.90. The van der Waals surface area contributed by atoms with E-state index in [0.717, 1.165) is 10.9 Å². The molecule has 0 aliphatic heterocycles. The van der Waals surface area contributed by atoms with Gasteiger partial charge in [-0.25, -0.2) is 0 Å². The van der Waals surface area contributed by atoms with Crippen LogP contribution in [0.1, 0.15) is 15.9 Å². The number of nitrogens with two attached hydrogens (primary N) is 1. The Labute approximate surface area is 133 Å². The summed E-state index contributed by atoms with van der Waals surface area (Å²) >= 11 is 0. The van der Waals surface area contributed by atoms with Gasteiger partial charge in [-0.15, -0.1) is 0 Å². The fourth-order valence-corrected chi connectivity index (χ4v) is 2.73. The first-order chi connectivity index (χ1) is 11.0. The van der Waals surface area contributed by atoms with Gasteiger partial charge in [0.1, 0.15) is 5.56 Å². The minimum absolute atomic E-state index is 0.0295. The molecule has 2 aromatic carbocycles. The maximum atomic E-state index is 12.6. The van der Waals surface area contributed by atoms with E-state index in [0.29, 0.717) is 11.2 Å². The van der Waals surface area contributed by atoms with Gasteiger partial charge in [0.15, 0.2) is 0 Å². The summed E-state index contributed by atoms with van der Waals surface area (Å²) in [5.41, 5.74) is 8.20. The van der Waals surface area contributed by atoms with Crippen molar-refractivity contribution in [2.45, 2.75) is 6.92 Å². The van der Waals surface area contributed by atoms with Crippen LogP contribution in [0.4, 0.5) is 11.4 Å². The van der Waals surface area contributed by atoms with Crippen molar-refractivity contribution >= 4 is 28.2 Å². The molecule has 1 amide bonds. The van der Waals surface area contributed by atoms with Gasteiger partial charge in [-0.05, 0) is 30.7 Å². The second-order valence-electron chi connectivity index (χ2n) is 5.44. The third-order valence-corrected chi connectivity index (χ3v) is 3.93. The number of hydrogen-bond acceptors (Lipinski definition) is 3. The fraction of sp³-hybridized carbons (Fsp3) is 0.111. The highest BCUT2D eigenvalue weighted by atomic mass is 16.2. The first kappa shape index (κ1) is 14.8. The van der Waals surface area contributed by atoms with E-state index in [1.165, 1.54) is 4.57 Å². The summed E-state index contributed by atoms with van der Waals surface area (Å²) in [4.78, 5) is 25.1. The number of carbonyl (C=O) groups is 1. The molecule has 0 atom stereocenters. The van der Waals surface area contributed by atoms with Crippen LogP contribution >= 0.6 is 0 Å². The molecule has 116 valence electrons. The van der Waals surface area contributed by atoms with Crippen LogP contribution < -0.4 is 16.6 Å². The number of nitrogens with one attached hydrogen (secondary N) is 1. The molecule has 0 aliphatic carbocycles. The average Bonchev–Trinajstić information content (AvgIpc) is 2.53. The van der Waals surface area contributed by atoms with Crippen molar-refractivity contribution in [1.29, 1.82) is 0 Å². The number of fused-ring (bicyclic) bond motifs is 1. The lowest BCUT2D eigenvalue weighted by atomic mass is 10.0. The number of pyridine rings is 1. The summed E-state index contributed by atoms with van der Waals surface area (Å²) in [7, 11) is 1.64. The lowest BCUT2D eigenvalue weighted by Gasteiger charge is -2.14. The quantitative estimate of drug-likeness (QED) is 0.764. The lowest BCUT2D eigenvalue weighted by molar-refractivity contribution is 0.102. The molecule has 0 radical (unpaired) electrons. The van der Waals surface area contributed by atoms with Gasteiger partial charge in [-0.1, -0.05) is 30.3 Å². The van der Waals surface area contributed by atoms with E-state index >= 15 is 0 Å². The fourth-order valence-electron chi connectivity index (χ4n) is 2.73. The van der Waals surface area contributed by atoms with E-state index in [9.17, 15) is 9.59 Å². The van der Waals surface area contributed by atoms with Crippen LogP contribution in [0.3, 0.4) is 0 Å². The van der Waals surface area contributed by atoms with Crippen molar-refractivity contribution in [3.8, 4) is 0 Å². The Kier molecular flexibility index (Phi) is 3.62. The van der Waals surface area contributed by atoms with Crippen LogP contribution in [0, 0.1) is 6.92 Å². The minimum atomic E-state index is -0.501. The highest BCUT2D eigenvalue weighted by Gasteiger charge is 2.20. The van der Waals surface area contributed by atoms with Crippen LogP contribution in [-0.2, 0) is 7.05 Å². The number of aromatic nitrogens is 1. The van der Waals surface area contributed by atoms with Gasteiger partial charge in [-0.2, -0.15) is 0 Å². The summed E-state index contributed by atoms with van der Waals surface area (Å²) in [6, 6.07) is 14.6. The van der Waals surface area contributed by atoms with Crippen LogP contribution in [0.15, 0.2) is 53.3 Å². The number of hydrogen-bond donors (Lipinski definition) is 2. The molecule has 0 saturated heterocycles. The van der Waals surface area contributed by atoms with E-state index in [1.807, 2.05) is 43.3 Å². The lowest BCUT2D eigenvalue weighted by Crippen LogP contribution is -2.30. The van der Waals surface area contributed by atoms with Crippen molar-refractivity contribution in [3.63, 3.8) is 0 Å². The highest BCUT2D eigenvalue weighted by Crippen LogP contribution is 2.25. The van der Waals surface area contributed by atoms with Gasteiger partial charge in [-0.3, -0.25) is 9.59 Å². The van der Waals surface area contributed by atoms with Crippen molar-refractivity contribution in [2.75, 3.05) is 11.1 Å². The van der Waals surface area contributed by atoms with Gasteiger partial charge in [0.25, 0.3) is 11.5 Å². The number of para-hydroxylation sites is 1. The molecule has 0 bridgehead atoms. The molecular weight excluding hydrogens is 290 g/mol. The Morgan fingerprint density at radius 3 is 2.48 bits per heavy atom. The Balaban J connectivity index is 2.20. The Morgan fingerprint density at radius 1 is 1.09 bits per heavy atom. The first-order valence-electron chi connectivity index (χ1n) is 7.25. The largest absolute Gasteiger partial charge is 0.397 e. The van der Waals surface area contributed by atoms with E-state index in [1.54, 1.807) is 19.2 Å². The van der Waals surface area contributed by atoms with Crippen LogP contribution in [0.25, 0.3) is 10.9 Å². The van der Waals surface area contributed by atoms with Crippen molar-refractivity contribution in [2.24, 2.45) is 7.05 Å². The SMILES string of the molecule is Cc1cccc2c1c(N)c(C(=O)Nc1ccccc1)c(=O)n2C. The van der Waals surface area contributed by atoms with Crippen molar-refractivity contribution < 1.29 is 4.79 Å². The van der Waals surface area contributed by atoms with Crippen LogP contribution in [-0.4, -0.2) is 10.5 Å². The zero-order valence-corrected chi connectivity index (χ0v) is 13.0. The van der Waals surface area contributed by atoms with Gasteiger partial charge in [0.2, 0.25) is 0 Å². The maximum Gasteiger partial charge on any atom is 0.265 e.